The van der Waals surface area contributed by atoms with Gasteiger partial charge < -0.3 is 14.5 Å². The van der Waals surface area contributed by atoms with Crippen LogP contribution in [0.15, 0.2) is 71.1 Å². The molecule has 6 heteroatoms. The van der Waals surface area contributed by atoms with Gasteiger partial charge in [-0.2, -0.15) is 0 Å². The molecule has 3 aromatic carbocycles. The van der Waals surface area contributed by atoms with Crippen molar-refractivity contribution >= 4 is 28.3 Å². The lowest BCUT2D eigenvalue weighted by Gasteiger charge is -2.09. The van der Waals surface area contributed by atoms with Crippen molar-refractivity contribution in [2.24, 2.45) is 0 Å². The van der Waals surface area contributed by atoms with Crippen LogP contribution in [-0.2, 0) is 4.79 Å². The number of hydrogen-bond acceptors (Lipinski definition) is 4. The van der Waals surface area contributed by atoms with Gasteiger partial charge in [-0.05, 0) is 55.3 Å². The first-order chi connectivity index (χ1) is 14.9. The number of furan rings is 1. The van der Waals surface area contributed by atoms with Crippen molar-refractivity contribution in [1.29, 1.82) is 0 Å². The molecule has 0 atom stereocenters. The zero-order valence-corrected chi connectivity index (χ0v) is 17.1. The molecule has 0 aliphatic carbocycles. The molecule has 1 N–H and O–H groups in total. The molecule has 0 aliphatic rings. The second-order valence-electron chi connectivity index (χ2n) is 7.25. The van der Waals surface area contributed by atoms with Crippen molar-refractivity contribution in [1.82, 2.24) is 0 Å². The summed E-state index contributed by atoms with van der Waals surface area (Å²) in [6, 6.07) is 18.5. The summed E-state index contributed by atoms with van der Waals surface area (Å²) in [5, 5.41) is 3.29. The fourth-order valence-corrected chi connectivity index (χ4v) is 3.22. The van der Waals surface area contributed by atoms with Crippen LogP contribution in [0.5, 0.6) is 5.75 Å². The number of fused-ring (bicyclic) bond motifs is 1. The summed E-state index contributed by atoms with van der Waals surface area (Å²) < 4.78 is 25.3. The van der Waals surface area contributed by atoms with Crippen molar-refractivity contribution in [2.75, 3.05) is 11.9 Å². The Balaban J connectivity index is 1.62. The first kappa shape index (κ1) is 20.3. The molecule has 0 saturated heterocycles. The Morgan fingerprint density at radius 1 is 1.00 bits per heavy atom. The van der Waals surface area contributed by atoms with Crippen LogP contribution in [0.1, 0.15) is 27.2 Å². The number of anilines is 1. The van der Waals surface area contributed by atoms with E-state index in [-0.39, 0.29) is 23.6 Å². The quantitative estimate of drug-likeness (QED) is 0.424. The lowest BCUT2D eigenvalue weighted by molar-refractivity contribution is -0.118. The van der Waals surface area contributed by atoms with E-state index in [1.54, 1.807) is 37.3 Å². The zero-order valence-electron chi connectivity index (χ0n) is 17.1. The number of halogens is 1. The van der Waals surface area contributed by atoms with E-state index >= 15 is 0 Å². The normalized spacial score (nSPS) is 10.8. The molecule has 156 valence electrons. The molecule has 1 aromatic heterocycles. The van der Waals surface area contributed by atoms with Gasteiger partial charge in [0.2, 0.25) is 5.78 Å². The van der Waals surface area contributed by atoms with E-state index in [1.165, 1.54) is 12.1 Å². The summed E-state index contributed by atoms with van der Waals surface area (Å²) in [5.74, 6) is -0.951. The molecule has 4 rings (SSSR count). The van der Waals surface area contributed by atoms with Gasteiger partial charge in [-0.3, -0.25) is 9.59 Å². The Morgan fingerprint density at radius 2 is 1.81 bits per heavy atom. The summed E-state index contributed by atoms with van der Waals surface area (Å²) in [5.41, 5.74) is 2.25. The molecule has 31 heavy (non-hydrogen) atoms. The monoisotopic (exact) mass is 417 g/mol. The molecule has 0 fully saturated rings. The van der Waals surface area contributed by atoms with Gasteiger partial charge in [0.05, 0.1) is 5.69 Å². The van der Waals surface area contributed by atoms with Crippen LogP contribution in [-0.4, -0.2) is 18.3 Å². The van der Waals surface area contributed by atoms with E-state index in [4.69, 9.17) is 9.15 Å². The molecule has 0 unspecified atom stereocenters. The number of para-hydroxylation sites is 1. The average molecular weight is 417 g/mol. The number of ketones is 1. The van der Waals surface area contributed by atoms with Crippen molar-refractivity contribution in [3.63, 3.8) is 0 Å². The number of amides is 1. The standard InChI is InChI=1S/C25H20FNO4/c1-15-6-5-7-18(12-15)30-14-22(28)27-23-19-8-3-4-9-21(19)31-25(23)24(29)17-11-10-16(2)20(26)13-17/h3-13H,14H2,1-2H3,(H,27,28). The third-order valence-electron chi connectivity index (χ3n) is 4.86. The highest BCUT2D eigenvalue weighted by molar-refractivity contribution is 6.17. The van der Waals surface area contributed by atoms with Crippen LogP contribution in [0.4, 0.5) is 10.1 Å². The number of carbonyl (C=O) groups is 2. The summed E-state index contributed by atoms with van der Waals surface area (Å²) >= 11 is 0. The highest BCUT2D eigenvalue weighted by atomic mass is 19.1. The SMILES string of the molecule is Cc1cccc(OCC(=O)Nc2c(C(=O)c3ccc(C)c(F)c3)oc3ccccc23)c1. The van der Waals surface area contributed by atoms with Crippen LogP contribution < -0.4 is 10.1 Å². The average Bonchev–Trinajstić information content (AvgIpc) is 3.12. The van der Waals surface area contributed by atoms with E-state index in [2.05, 4.69) is 5.32 Å². The Hall–Kier alpha value is -3.93. The third kappa shape index (κ3) is 4.33. The number of benzene rings is 3. The number of carbonyl (C=O) groups excluding carboxylic acids is 2. The van der Waals surface area contributed by atoms with Gasteiger partial charge in [0.1, 0.15) is 17.1 Å². The van der Waals surface area contributed by atoms with Crippen LogP contribution in [0.3, 0.4) is 0 Å². The first-order valence-corrected chi connectivity index (χ1v) is 9.74. The fraction of sp³-hybridized carbons (Fsp3) is 0.120. The second-order valence-corrected chi connectivity index (χ2v) is 7.25. The molecule has 1 heterocycles. The summed E-state index contributed by atoms with van der Waals surface area (Å²) in [6.07, 6.45) is 0. The van der Waals surface area contributed by atoms with Gasteiger partial charge in [0, 0.05) is 10.9 Å². The number of rotatable bonds is 6. The second kappa shape index (κ2) is 8.44. The lowest BCUT2D eigenvalue weighted by Crippen LogP contribution is -2.21. The number of ether oxygens (including phenoxy) is 1. The van der Waals surface area contributed by atoms with Gasteiger partial charge in [0.25, 0.3) is 5.91 Å². The number of nitrogens with one attached hydrogen (secondary N) is 1. The van der Waals surface area contributed by atoms with E-state index in [9.17, 15) is 14.0 Å². The minimum Gasteiger partial charge on any atom is -0.484 e. The maximum Gasteiger partial charge on any atom is 0.262 e. The van der Waals surface area contributed by atoms with Gasteiger partial charge in [-0.25, -0.2) is 4.39 Å². The molecule has 0 spiro atoms. The van der Waals surface area contributed by atoms with E-state index in [0.29, 0.717) is 22.3 Å². The van der Waals surface area contributed by atoms with Crippen molar-refractivity contribution < 1.29 is 23.1 Å². The van der Waals surface area contributed by atoms with Crippen LogP contribution in [0.25, 0.3) is 11.0 Å². The summed E-state index contributed by atoms with van der Waals surface area (Å²) in [7, 11) is 0. The zero-order chi connectivity index (χ0) is 22.0. The van der Waals surface area contributed by atoms with Gasteiger partial charge in [-0.15, -0.1) is 0 Å². The Kier molecular flexibility index (Phi) is 5.54. The first-order valence-electron chi connectivity index (χ1n) is 9.74. The highest BCUT2D eigenvalue weighted by Crippen LogP contribution is 2.32. The molecular formula is C25H20FNO4. The Labute approximate surface area is 178 Å². The Bertz CT molecular complexity index is 1290. The van der Waals surface area contributed by atoms with Crippen molar-refractivity contribution in [3.8, 4) is 5.75 Å². The molecule has 5 nitrogen and oxygen atoms in total. The topological polar surface area (TPSA) is 68.5 Å². The van der Waals surface area contributed by atoms with Gasteiger partial charge >= 0.3 is 0 Å². The van der Waals surface area contributed by atoms with E-state index < -0.39 is 17.5 Å². The Morgan fingerprint density at radius 3 is 2.58 bits per heavy atom. The molecule has 0 bridgehead atoms. The molecule has 4 aromatic rings. The summed E-state index contributed by atoms with van der Waals surface area (Å²) in [4.78, 5) is 25.6. The predicted octanol–water partition coefficient (Wildman–Crippen LogP) is 5.44. The van der Waals surface area contributed by atoms with Gasteiger partial charge in [-0.1, -0.05) is 36.4 Å². The maximum atomic E-state index is 14.0. The highest BCUT2D eigenvalue weighted by Gasteiger charge is 2.24. The number of aryl methyl sites for hydroxylation is 2. The fourth-order valence-electron chi connectivity index (χ4n) is 3.22. The minimum absolute atomic E-state index is 0.0617. The van der Waals surface area contributed by atoms with E-state index in [1.807, 2.05) is 25.1 Å². The van der Waals surface area contributed by atoms with Crippen molar-refractivity contribution in [3.05, 3.63) is 95.0 Å². The predicted molar refractivity (Wildman–Crippen MR) is 116 cm³/mol. The van der Waals surface area contributed by atoms with Crippen LogP contribution in [0.2, 0.25) is 0 Å². The molecule has 0 radical (unpaired) electrons. The van der Waals surface area contributed by atoms with E-state index in [0.717, 1.165) is 11.6 Å². The lowest BCUT2D eigenvalue weighted by atomic mass is 10.0. The molecular weight excluding hydrogens is 397 g/mol. The molecule has 1 amide bonds. The van der Waals surface area contributed by atoms with Crippen LogP contribution in [0, 0.1) is 19.7 Å². The van der Waals surface area contributed by atoms with Crippen molar-refractivity contribution in [2.45, 2.75) is 13.8 Å². The molecule has 0 saturated carbocycles. The van der Waals surface area contributed by atoms with Gasteiger partial charge in [0.15, 0.2) is 12.4 Å². The third-order valence-corrected chi connectivity index (χ3v) is 4.86. The van der Waals surface area contributed by atoms with Crippen LogP contribution >= 0.6 is 0 Å². The minimum atomic E-state index is -0.523. The molecule has 0 aliphatic heterocycles. The summed E-state index contributed by atoms with van der Waals surface area (Å²) in [6.45, 7) is 3.30. The number of hydrogen-bond donors (Lipinski definition) is 1. The largest absolute Gasteiger partial charge is 0.484 e. The maximum absolute atomic E-state index is 14.0. The smallest absolute Gasteiger partial charge is 0.262 e.